The molecule has 0 unspecified atom stereocenters. The number of methoxy groups -OCH3 is 2. The molecular formula is C19H19NO4. The summed E-state index contributed by atoms with van der Waals surface area (Å²) in [6.45, 7) is 1.47. The quantitative estimate of drug-likeness (QED) is 0.935. The lowest BCUT2D eigenvalue weighted by Crippen LogP contribution is -2.08. The van der Waals surface area contributed by atoms with Crippen LogP contribution in [0.4, 0.5) is 5.69 Å². The number of hydrogen-bond donors (Lipinski definition) is 1. The number of fused-ring (bicyclic) bond motifs is 1. The Hall–Kier alpha value is -2.82. The number of anilines is 1. The number of benzene rings is 2. The van der Waals surface area contributed by atoms with Gasteiger partial charge in [0.05, 0.1) is 14.2 Å². The van der Waals surface area contributed by atoms with Crippen molar-refractivity contribution in [2.24, 2.45) is 0 Å². The Bertz CT molecular complexity index is 826. The molecule has 124 valence electrons. The van der Waals surface area contributed by atoms with E-state index >= 15 is 0 Å². The van der Waals surface area contributed by atoms with E-state index in [0.29, 0.717) is 30.0 Å². The molecule has 1 aliphatic rings. The van der Waals surface area contributed by atoms with Crippen molar-refractivity contribution in [1.82, 2.24) is 0 Å². The molecule has 0 fully saturated rings. The number of amides is 1. The van der Waals surface area contributed by atoms with Gasteiger partial charge in [0.25, 0.3) is 0 Å². The molecule has 1 N–H and O–H groups in total. The number of rotatable bonds is 4. The van der Waals surface area contributed by atoms with E-state index in [1.165, 1.54) is 6.92 Å². The van der Waals surface area contributed by atoms with Crippen LogP contribution in [0.15, 0.2) is 30.3 Å². The minimum atomic E-state index is -0.152. The molecule has 0 radical (unpaired) electrons. The highest BCUT2D eigenvalue weighted by Crippen LogP contribution is 2.38. The first-order valence-electron chi connectivity index (χ1n) is 7.73. The van der Waals surface area contributed by atoms with Crippen LogP contribution in [-0.4, -0.2) is 25.9 Å². The Balaban J connectivity index is 2.17. The predicted molar refractivity (Wildman–Crippen MR) is 91.9 cm³/mol. The lowest BCUT2D eigenvalue weighted by molar-refractivity contribution is -0.114. The molecule has 1 amide bonds. The SMILES string of the molecule is COc1ccc(-c2cc3c(cc2NC(C)=O)CCC3=O)cc1OC. The van der Waals surface area contributed by atoms with Crippen LogP contribution in [0.25, 0.3) is 11.1 Å². The summed E-state index contributed by atoms with van der Waals surface area (Å²) < 4.78 is 10.6. The van der Waals surface area contributed by atoms with Crippen LogP contribution in [0.5, 0.6) is 11.5 Å². The monoisotopic (exact) mass is 325 g/mol. The van der Waals surface area contributed by atoms with Crippen molar-refractivity contribution in [3.05, 3.63) is 41.5 Å². The lowest BCUT2D eigenvalue weighted by atomic mass is 9.97. The number of ether oxygens (including phenoxy) is 2. The Morgan fingerprint density at radius 1 is 1.00 bits per heavy atom. The molecule has 24 heavy (non-hydrogen) atoms. The Morgan fingerprint density at radius 3 is 2.42 bits per heavy atom. The fourth-order valence-corrected chi connectivity index (χ4v) is 3.03. The third-order valence-corrected chi connectivity index (χ3v) is 4.17. The zero-order chi connectivity index (χ0) is 17.3. The summed E-state index contributed by atoms with van der Waals surface area (Å²) in [5.41, 5.74) is 4.05. The van der Waals surface area contributed by atoms with Gasteiger partial charge in [0.15, 0.2) is 17.3 Å². The van der Waals surface area contributed by atoms with E-state index in [-0.39, 0.29) is 11.7 Å². The summed E-state index contributed by atoms with van der Waals surface area (Å²) in [6, 6.07) is 9.28. The van der Waals surface area contributed by atoms with E-state index in [1.807, 2.05) is 24.3 Å². The molecule has 0 spiro atoms. The largest absolute Gasteiger partial charge is 0.493 e. The lowest BCUT2D eigenvalue weighted by Gasteiger charge is -2.15. The Kier molecular flexibility index (Phi) is 4.25. The molecule has 0 aliphatic heterocycles. The number of aryl methyl sites for hydroxylation is 1. The van der Waals surface area contributed by atoms with E-state index < -0.39 is 0 Å². The van der Waals surface area contributed by atoms with Gasteiger partial charge in [-0.25, -0.2) is 0 Å². The van der Waals surface area contributed by atoms with Crippen molar-refractivity contribution < 1.29 is 19.1 Å². The first kappa shape index (κ1) is 16.1. The molecule has 0 atom stereocenters. The second-order valence-corrected chi connectivity index (χ2v) is 5.73. The maximum Gasteiger partial charge on any atom is 0.221 e. The fourth-order valence-electron chi connectivity index (χ4n) is 3.03. The van der Waals surface area contributed by atoms with Crippen LogP contribution in [0.1, 0.15) is 29.3 Å². The van der Waals surface area contributed by atoms with E-state index in [2.05, 4.69) is 5.32 Å². The van der Waals surface area contributed by atoms with E-state index in [4.69, 9.17) is 9.47 Å². The van der Waals surface area contributed by atoms with E-state index in [0.717, 1.165) is 22.3 Å². The minimum absolute atomic E-state index is 0.140. The average molecular weight is 325 g/mol. The van der Waals surface area contributed by atoms with E-state index in [1.54, 1.807) is 20.3 Å². The zero-order valence-corrected chi connectivity index (χ0v) is 13.9. The summed E-state index contributed by atoms with van der Waals surface area (Å²) in [6.07, 6.45) is 1.23. The van der Waals surface area contributed by atoms with Crippen molar-refractivity contribution >= 4 is 17.4 Å². The molecular weight excluding hydrogens is 306 g/mol. The molecule has 0 heterocycles. The molecule has 1 aliphatic carbocycles. The van der Waals surface area contributed by atoms with E-state index in [9.17, 15) is 9.59 Å². The van der Waals surface area contributed by atoms with Crippen molar-refractivity contribution in [3.63, 3.8) is 0 Å². The van der Waals surface area contributed by atoms with Crippen molar-refractivity contribution in [1.29, 1.82) is 0 Å². The second kappa shape index (κ2) is 6.35. The summed E-state index contributed by atoms with van der Waals surface area (Å²) in [5.74, 6) is 1.21. The van der Waals surface area contributed by atoms with Gasteiger partial charge in [-0.2, -0.15) is 0 Å². The van der Waals surface area contributed by atoms with Gasteiger partial charge in [0, 0.05) is 30.2 Å². The smallest absolute Gasteiger partial charge is 0.221 e. The summed E-state index contributed by atoms with van der Waals surface area (Å²) in [4.78, 5) is 23.6. The molecule has 0 saturated carbocycles. The van der Waals surface area contributed by atoms with Gasteiger partial charge in [-0.3, -0.25) is 9.59 Å². The Labute approximate surface area is 140 Å². The van der Waals surface area contributed by atoms with Crippen molar-refractivity contribution in [2.45, 2.75) is 19.8 Å². The maximum absolute atomic E-state index is 12.1. The number of ketones is 1. The van der Waals surface area contributed by atoms with Crippen LogP contribution in [0.3, 0.4) is 0 Å². The third kappa shape index (κ3) is 2.85. The Morgan fingerprint density at radius 2 is 1.75 bits per heavy atom. The van der Waals surface area contributed by atoms with Crippen LogP contribution in [0.2, 0.25) is 0 Å². The first-order chi connectivity index (χ1) is 11.5. The molecule has 0 aromatic heterocycles. The first-order valence-corrected chi connectivity index (χ1v) is 7.73. The standard InChI is InChI=1S/C19H19NO4/c1-11(21)20-16-8-12-4-6-17(22)15(12)10-14(16)13-5-7-18(23-2)19(9-13)24-3/h5,7-10H,4,6H2,1-3H3,(H,20,21). The highest BCUT2D eigenvalue weighted by atomic mass is 16.5. The molecule has 3 rings (SSSR count). The van der Waals surface area contributed by atoms with Gasteiger partial charge in [0.2, 0.25) is 5.91 Å². The average Bonchev–Trinajstić information content (AvgIpc) is 2.93. The molecule has 0 bridgehead atoms. The molecule has 5 heteroatoms. The van der Waals surface area contributed by atoms with Gasteiger partial charge >= 0.3 is 0 Å². The van der Waals surface area contributed by atoms with Gasteiger partial charge < -0.3 is 14.8 Å². The molecule has 2 aromatic rings. The van der Waals surface area contributed by atoms with Crippen molar-refractivity contribution in [3.8, 4) is 22.6 Å². The maximum atomic E-state index is 12.1. The number of Topliss-reactive ketones (excluding diaryl/α,β-unsaturated/α-hetero) is 1. The van der Waals surface area contributed by atoms with Gasteiger partial charge in [0.1, 0.15) is 0 Å². The number of nitrogens with one attached hydrogen (secondary N) is 1. The summed E-state index contributed by atoms with van der Waals surface area (Å²) in [5, 5.41) is 2.86. The highest BCUT2D eigenvalue weighted by Gasteiger charge is 2.23. The van der Waals surface area contributed by atoms with Gasteiger partial charge in [-0.05, 0) is 41.8 Å². The second-order valence-electron chi connectivity index (χ2n) is 5.73. The number of carbonyl (C=O) groups excluding carboxylic acids is 2. The highest BCUT2D eigenvalue weighted by molar-refractivity contribution is 6.04. The van der Waals surface area contributed by atoms with Crippen molar-refractivity contribution in [2.75, 3.05) is 19.5 Å². The van der Waals surface area contributed by atoms with Gasteiger partial charge in [-0.1, -0.05) is 6.07 Å². The number of carbonyl (C=O) groups is 2. The normalized spacial score (nSPS) is 12.7. The van der Waals surface area contributed by atoms with Crippen LogP contribution < -0.4 is 14.8 Å². The molecule has 5 nitrogen and oxygen atoms in total. The molecule has 0 saturated heterocycles. The number of hydrogen-bond acceptors (Lipinski definition) is 4. The topological polar surface area (TPSA) is 64.6 Å². The minimum Gasteiger partial charge on any atom is -0.493 e. The zero-order valence-electron chi connectivity index (χ0n) is 13.9. The van der Waals surface area contributed by atoms with Crippen LogP contribution in [-0.2, 0) is 11.2 Å². The van der Waals surface area contributed by atoms with Gasteiger partial charge in [-0.15, -0.1) is 0 Å². The summed E-state index contributed by atoms with van der Waals surface area (Å²) in [7, 11) is 3.15. The fraction of sp³-hybridized carbons (Fsp3) is 0.263. The van der Waals surface area contributed by atoms with Crippen LogP contribution in [0, 0.1) is 0 Å². The summed E-state index contributed by atoms with van der Waals surface area (Å²) >= 11 is 0. The predicted octanol–water partition coefficient (Wildman–Crippen LogP) is 3.46. The molecule has 2 aromatic carbocycles. The third-order valence-electron chi connectivity index (χ3n) is 4.17. The van der Waals surface area contributed by atoms with Crippen LogP contribution >= 0.6 is 0 Å².